The SMILES string of the molecule is COCC(=O)N1CC[C@@H]2[C@H](C1)[C@@H](c1ccc(F)cc1)CN2Cc1ccccc1. The van der Waals surface area contributed by atoms with E-state index in [0.29, 0.717) is 17.9 Å². The molecule has 4 nitrogen and oxygen atoms in total. The topological polar surface area (TPSA) is 32.8 Å². The number of rotatable bonds is 5. The maximum Gasteiger partial charge on any atom is 0.248 e. The molecule has 0 unspecified atom stereocenters. The van der Waals surface area contributed by atoms with Crippen LogP contribution in [0.15, 0.2) is 54.6 Å². The van der Waals surface area contributed by atoms with Crippen LogP contribution < -0.4 is 0 Å². The molecule has 0 spiro atoms. The lowest BCUT2D eigenvalue weighted by molar-refractivity contribution is -0.137. The van der Waals surface area contributed by atoms with E-state index in [9.17, 15) is 9.18 Å². The minimum atomic E-state index is -0.208. The van der Waals surface area contributed by atoms with E-state index in [1.165, 1.54) is 5.56 Å². The molecule has 5 heteroatoms. The quantitative estimate of drug-likeness (QED) is 0.796. The van der Waals surface area contributed by atoms with Gasteiger partial charge in [0.1, 0.15) is 12.4 Å². The summed E-state index contributed by atoms with van der Waals surface area (Å²) in [6.45, 7) is 3.48. The molecule has 2 fully saturated rings. The van der Waals surface area contributed by atoms with Crippen LogP contribution in [0, 0.1) is 11.7 Å². The maximum absolute atomic E-state index is 13.4. The highest BCUT2D eigenvalue weighted by atomic mass is 19.1. The number of hydrogen-bond acceptors (Lipinski definition) is 3. The molecule has 2 aliphatic heterocycles. The number of amides is 1. The normalized spacial score (nSPS) is 24.9. The van der Waals surface area contributed by atoms with Crippen molar-refractivity contribution >= 4 is 5.91 Å². The number of methoxy groups -OCH3 is 1. The summed E-state index contributed by atoms with van der Waals surface area (Å²) in [5.74, 6) is 0.497. The number of halogens is 1. The van der Waals surface area contributed by atoms with Crippen molar-refractivity contribution in [1.29, 1.82) is 0 Å². The van der Waals surface area contributed by atoms with Crippen molar-refractivity contribution in [2.45, 2.75) is 24.9 Å². The molecule has 2 heterocycles. The molecule has 0 bridgehead atoms. The molecule has 28 heavy (non-hydrogen) atoms. The molecular formula is C23H27FN2O2. The van der Waals surface area contributed by atoms with Crippen LogP contribution in [0.5, 0.6) is 0 Å². The Morgan fingerprint density at radius 2 is 1.86 bits per heavy atom. The van der Waals surface area contributed by atoms with Gasteiger partial charge in [-0.15, -0.1) is 0 Å². The monoisotopic (exact) mass is 382 g/mol. The number of likely N-dealkylation sites (tertiary alicyclic amines) is 2. The first-order chi connectivity index (χ1) is 13.7. The highest BCUT2D eigenvalue weighted by Gasteiger charge is 2.45. The van der Waals surface area contributed by atoms with Gasteiger partial charge in [0.15, 0.2) is 0 Å². The number of fused-ring (bicyclic) bond motifs is 1. The second-order valence-electron chi connectivity index (χ2n) is 7.87. The molecule has 3 atom stereocenters. The highest BCUT2D eigenvalue weighted by Crippen LogP contribution is 2.42. The molecule has 2 saturated heterocycles. The number of hydrogen-bond donors (Lipinski definition) is 0. The number of carbonyl (C=O) groups is 1. The molecule has 0 saturated carbocycles. The molecule has 0 aliphatic carbocycles. The summed E-state index contributed by atoms with van der Waals surface area (Å²) in [5.41, 5.74) is 2.46. The summed E-state index contributed by atoms with van der Waals surface area (Å²) in [7, 11) is 1.56. The minimum Gasteiger partial charge on any atom is -0.375 e. The fourth-order valence-electron chi connectivity index (χ4n) is 4.85. The van der Waals surface area contributed by atoms with Gasteiger partial charge < -0.3 is 9.64 Å². The molecule has 1 amide bonds. The van der Waals surface area contributed by atoms with Gasteiger partial charge in [-0.05, 0) is 29.7 Å². The first-order valence-electron chi connectivity index (χ1n) is 9.96. The van der Waals surface area contributed by atoms with Gasteiger partial charge in [0.2, 0.25) is 5.91 Å². The zero-order valence-corrected chi connectivity index (χ0v) is 16.3. The van der Waals surface area contributed by atoms with Gasteiger partial charge >= 0.3 is 0 Å². The fraction of sp³-hybridized carbons (Fsp3) is 0.435. The average Bonchev–Trinajstić information content (AvgIpc) is 3.07. The first-order valence-corrected chi connectivity index (χ1v) is 9.96. The van der Waals surface area contributed by atoms with Crippen LogP contribution in [-0.2, 0) is 16.1 Å². The molecule has 148 valence electrons. The van der Waals surface area contributed by atoms with Crippen LogP contribution in [0.2, 0.25) is 0 Å². The lowest BCUT2D eigenvalue weighted by Crippen LogP contribution is -2.49. The van der Waals surface area contributed by atoms with Crippen LogP contribution in [0.3, 0.4) is 0 Å². The third-order valence-corrected chi connectivity index (χ3v) is 6.18. The van der Waals surface area contributed by atoms with E-state index >= 15 is 0 Å². The zero-order chi connectivity index (χ0) is 19.5. The summed E-state index contributed by atoms with van der Waals surface area (Å²) in [4.78, 5) is 16.9. The van der Waals surface area contributed by atoms with E-state index in [4.69, 9.17) is 4.74 Å². The summed E-state index contributed by atoms with van der Waals surface area (Å²) in [6, 6.07) is 17.8. The Morgan fingerprint density at radius 1 is 1.11 bits per heavy atom. The lowest BCUT2D eigenvalue weighted by Gasteiger charge is -2.39. The van der Waals surface area contributed by atoms with Crippen LogP contribution in [-0.4, -0.2) is 55.1 Å². The van der Waals surface area contributed by atoms with Crippen LogP contribution in [0.4, 0.5) is 4.39 Å². The largest absolute Gasteiger partial charge is 0.375 e. The number of piperidine rings is 1. The number of benzene rings is 2. The Balaban J connectivity index is 1.57. The van der Waals surface area contributed by atoms with E-state index in [1.54, 1.807) is 19.2 Å². The summed E-state index contributed by atoms with van der Waals surface area (Å²) in [6.07, 6.45) is 0.963. The van der Waals surface area contributed by atoms with Crippen molar-refractivity contribution in [1.82, 2.24) is 9.80 Å². The Hall–Kier alpha value is -2.24. The van der Waals surface area contributed by atoms with Crippen molar-refractivity contribution in [3.63, 3.8) is 0 Å². The average molecular weight is 382 g/mol. The van der Waals surface area contributed by atoms with Gasteiger partial charge in [-0.25, -0.2) is 4.39 Å². The van der Waals surface area contributed by atoms with Gasteiger partial charge in [0.05, 0.1) is 0 Å². The third-order valence-electron chi connectivity index (χ3n) is 6.18. The molecule has 0 aromatic heterocycles. The van der Waals surface area contributed by atoms with Crippen molar-refractivity contribution in [3.05, 3.63) is 71.5 Å². The second kappa shape index (κ2) is 8.41. The Morgan fingerprint density at radius 3 is 2.57 bits per heavy atom. The number of carbonyl (C=O) groups excluding carboxylic acids is 1. The molecule has 2 aromatic carbocycles. The van der Waals surface area contributed by atoms with E-state index in [0.717, 1.165) is 38.2 Å². The van der Waals surface area contributed by atoms with Gasteiger partial charge in [-0.1, -0.05) is 42.5 Å². The van der Waals surface area contributed by atoms with E-state index < -0.39 is 0 Å². The lowest BCUT2D eigenvalue weighted by atomic mass is 9.82. The number of ether oxygens (including phenoxy) is 1. The van der Waals surface area contributed by atoms with Gasteiger partial charge in [0, 0.05) is 51.2 Å². The van der Waals surface area contributed by atoms with Crippen molar-refractivity contribution < 1.29 is 13.9 Å². The van der Waals surface area contributed by atoms with Gasteiger partial charge in [0.25, 0.3) is 0 Å². The van der Waals surface area contributed by atoms with Gasteiger partial charge in [-0.2, -0.15) is 0 Å². The van der Waals surface area contributed by atoms with Crippen LogP contribution in [0.1, 0.15) is 23.5 Å². The Bertz CT molecular complexity index is 796. The summed E-state index contributed by atoms with van der Waals surface area (Å²) in [5, 5.41) is 0. The molecule has 2 aliphatic rings. The van der Waals surface area contributed by atoms with Crippen LogP contribution in [0.25, 0.3) is 0 Å². The minimum absolute atomic E-state index is 0.0558. The molecule has 0 N–H and O–H groups in total. The van der Waals surface area contributed by atoms with Crippen molar-refractivity contribution in [2.24, 2.45) is 5.92 Å². The number of nitrogens with zero attached hydrogens (tertiary/aromatic N) is 2. The Labute approximate surface area is 165 Å². The third kappa shape index (κ3) is 3.96. The smallest absolute Gasteiger partial charge is 0.248 e. The second-order valence-corrected chi connectivity index (χ2v) is 7.87. The zero-order valence-electron chi connectivity index (χ0n) is 16.3. The van der Waals surface area contributed by atoms with Gasteiger partial charge in [-0.3, -0.25) is 9.69 Å². The molecule has 2 aromatic rings. The van der Waals surface area contributed by atoms with Crippen LogP contribution >= 0.6 is 0 Å². The fourth-order valence-corrected chi connectivity index (χ4v) is 4.85. The van der Waals surface area contributed by atoms with Crippen molar-refractivity contribution in [3.8, 4) is 0 Å². The summed E-state index contributed by atoms with van der Waals surface area (Å²) >= 11 is 0. The maximum atomic E-state index is 13.4. The van der Waals surface area contributed by atoms with E-state index in [2.05, 4.69) is 29.2 Å². The molecule has 4 rings (SSSR count). The molecule has 0 radical (unpaired) electrons. The molecular weight excluding hydrogens is 355 g/mol. The van der Waals surface area contributed by atoms with Crippen molar-refractivity contribution in [2.75, 3.05) is 33.4 Å². The first kappa shape index (κ1) is 19.1. The van der Waals surface area contributed by atoms with E-state index in [-0.39, 0.29) is 18.3 Å². The predicted octanol–water partition coefficient (Wildman–Crippen LogP) is 3.29. The van der Waals surface area contributed by atoms with E-state index in [1.807, 2.05) is 23.1 Å². The standard InChI is InChI=1S/C23H27FN2O2/c1-28-16-23(27)25-12-11-22-21(15-25)20(18-7-9-19(24)10-8-18)14-26(22)13-17-5-3-2-4-6-17/h2-10,20-22H,11-16H2,1H3/t20-,21-,22-/m1/s1. The summed E-state index contributed by atoms with van der Waals surface area (Å²) < 4.78 is 18.5. The highest BCUT2D eigenvalue weighted by molar-refractivity contribution is 5.77. The Kier molecular flexibility index (Phi) is 5.74. The predicted molar refractivity (Wildman–Crippen MR) is 106 cm³/mol.